The summed E-state index contributed by atoms with van der Waals surface area (Å²) in [5.74, 6) is 0. The molecule has 0 amide bonds. The normalized spacial score (nSPS) is 14.1. The van der Waals surface area contributed by atoms with E-state index in [-0.39, 0.29) is 12.7 Å². The minimum Gasteiger partial charge on any atom is -0.261 e. The largest absolute Gasteiger partial charge is 0.261 e. The molecule has 0 heterocycles. The molecule has 0 bridgehead atoms. The van der Waals surface area contributed by atoms with Crippen molar-refractivity contribution < 1.29 is 4.39 Å². The van der Waals surface area contributed by atoms with E-state index in [0.717, 1.165) is 0 Å². The summed E-state index contributed by atoms with van der Waals surface area (Å²) in [7, 11) is 1.71. The number of hydrazine groups is 1. The van der Waals surface area contributed by atoms with Gasteiger partial charge < -0.3 is 0 Å². The fraction of sp³-hybridized carbons (Fsp3) is 1.00. The number of alkyl halides is 1. The van der Waals surface area contributed by atoms with E-state index in [9.17, 15) is 4.39 Å². The van der Waals surface area contributed by atoms with Crippen molar-refractivity contribution in [2.75, 3.05) is 13.7 Å². The summed E-state index contributed by atoms with van der Waals surface area (Å²) in [6, 6.07) is -0.0787. The first kappa shape index (κ1) is 6.85. The third-order valence-corrected chi connectivity index (χ3v) is 0.622. The smallest absolute Gasteiger partial charge is 0.106 e. The molecule has 2 nitrogen and oxygen atoms in total. The molecular weight excluding hydrogens is 95.1 g/mol. The maximum absolute atomic E-state index is 11.5. The molecule has 0 spiro atoms. The Morgan fingerprint density at radius 1 is 1.71 bits per heavy atom. The van der Waals surface area contributed by atoms with Crippen molar-refractivity contribution in [2.45, 2.75) is 13.0 Å². The van der Waals surface area contributed by atoms with Gasteiger partial charge in [0.15, 0.2) is 0 Å². The first-order valence-electron chi connectivity index (χ1n) is 2.29. The second kappa shape index (κ2) is 4.02. The van der Waals surface area contributed by atoms with Crippen LogP contribution in [0.5, 0.6) is 0 Å². The molecule has 1 unspecified atom stereocenters. The van der Waals surface area contributed by atoms with Crippen LogP contribution in [0.15, 0.2) is 0 Å². The summed E-state index contributed by atoms with van der Waals surface area (Å²) in [5, 5.41) is 0. The summed E-state index contributed by atoms with van der Waals surface area (Å²) in [6.07, 6.45) is 0. The molecule has 0 rings (SSSR count). The molecule has 2 N–H and O–H groups in total. The second-order valence-corrected chi connectivity index (χ2v) is 1.45. The Balaban J connectivity index is 2.83. The van der Waals surface area contributed by atoms with Crippen LogP contribution >= 0.6 is 0 Å². The summed E-state index contributed by atoms with van der Waals surface area (Å²) < 4.78 is 11.5. The molecular formula is C4H11FN2. The van der Waals surface area contributed by atoms with E-state index in [1.807, 2.05) is 0 Å². The average molecular weight is 106 g/mol. The molecule has 44 valence electrons. The highest BCUT2D eigenvalue weighted by Gasteiger charge is 1.93. The molecule has 0 fully saturated rings. The second-order valence-electron chi connectivity index (χ2n) is 1.45. The Morgan fingerprint density at radius 2 is 2.29 bits per heavy atom. The molecule has 1 atom stereocenters. The first-order chi connectivity index (χ1) is 3.31. The Labute approximate surface area is 43.1 Å². The highest BCUT2D eigenvalue weighted by molar-refractivity contribution is 4.50. The predicted molar refractivity (Wildman–Crippen MR) is 27.6 cm³/mol. The van der Waals surface area contributed by atoms with Gasteiger partial charge in [-0.1, -0.05) is 0 Å². The molecule has 0 aromatic carbocycles. The van der Waals surface area contributed by atoms with Crippen molar-refractivity contribution >= 4 is 0 Å². The molecule has 0 saturated heterocycles. The highest BCUT2D eigenvalue weighted by Crippen LogP contribution is 1.76. The molecule has 0 radical (unpaired) electrons. The molecule has 0 aliphatic heterocycles. The van der Waals surface area contributed by atoms with E-state index in [0.29, 0.717) is 0 Å². The van der Waals surface area contributed by atoms with Crippen molar-refractivity contribution in [3.05, 3.63) is 0 Å². The maximum Gasteiger partial charge on any atom is 0.106 e. The van der Waals surface area contributed by atoms with Gasteiger partial charge in [0, 0.05) is 6.04 Å². The van der Waals surface area contributed by atoms with Gasteiger partial charge in [0.05, 0.1) is 0 Å². The van der Waals surface area contributed by atoms with Gasteiger partial charge in [-0.05, 0) is 14.0 Å². The quantitative estimate of drug-likeness (QED) is 0.497. The van der Waals surface area contributed by atoms with Crippen LogP contribution in [0.4, 0.5) is 4.39 Å². The zero-order chi connectivity index (χ0) is 5.70. The van der Waals surface area contributed by atoms with E-state index in [4.69, 9.17) is 0 Å². The standard InChI is InChI=1S/C4H11FN2/c1-4(3-5)7-6-2/h4,6-7H,3H2,1-2H3. The highest BCUT2D eigenvalue weighted by atomic mass is 19.1. The van der Waals surface area contributed by atoms with Crippen LogP contribution in [0, 0.1) is 0 Å². The van der Waals surface area contributed by atoms with Crippen molar-refractivity contribution in [1.29, 1.82) is 0 Å². The van der Waals surface area contributed by atoms with Crippen molar-refractivity contribution in [3.63, 3.8) is 0 Å². The van der Waals surface area contributed by atoms with Crippen molar-refractivity contribution in [1.82, 2.24) is 10.9 Å². The Bertz CT molecular complexity index is 40.7. The van der Waals surface area contributed by atoms with Crippen LogP contribution in [0.3, 0.4) is 0 Å². The number of rotatable bonds is 3. The minimum atomic E-state index is -0.332. The summed E-state index contributed by atoms with van der Waals surface area (Å²) >= 11 is 0. The lowest BCUT2D eigenvalue weighted by atomic mass is 10.4. The van der Waals surface area contributed by atoms with E-state index in [2.05, 4.69) is 10.9 Å². The van der Waals surface area contributed by atoms with E-state index in [1.165, 1.54) is 0 Å². The monoisotopic (exact) mass is 106 g/mol. The van der Waals surface area contributed by atoms with E-state index < -0.39 is 0 Å². The Hall–Kier alpha value is -0.150. The predicted octanol–water partition coefficient (Wildman–Crippen LogP) is 0.0684. The van der Waals surface area contributed by atoms with Crippen LogP contribution < -0.4 is 10.9 Å². The van der Waals surface area contributed by atoms with Crippen LogP contribution in [-0.2, 0) is 0 Å². The summed E-state index contributed by atoms with van der Waals surface area (Å²) in [5.41, 5.74) is 5.30. The van der Waals surface area contributed by atoms with Gasteiger partial charge >= 0.3 is 0 Å². The van der Waals surface area contributed by atoms with E-state index in [1.54, 1.807) is 14.0 Å². The number of nitrogens with one attached hydrogen (secondary N) is 2. The fourth-order valence-corrected chi connectivity index (χ4v) is 0.285. The third kappa shape index (κ3) is 3.69. The average Bonchev–Trinajstić information content (AvgIpc) is 1.68. The van der Waals surface area contributed by atoms with Crippen molar-refractivity contribution in [3.8, 4) is 0 Å². The van der Waals surface area contributed by atoms with Crippen LogP contribution in [0.1, 0.15) is 6.92 Å². The van der Waals surface area contributed by atoms with Crippen molar-refractivity contribution in [2.24, 2.45) is 0 Å². The van der Waals surface area contributed by atoms with Gasteiger partial charge in [-0.3, -0.25) is 10.9 Å². The Morgan fingerprint density at radius 3 is 2.43 bits per heavy atom. The van der Waals surface area contributed by atoms with Gasteiger partial charge in [-0.2, -0.15) is 0 Å². The van der Waals surface area contributed by atoms with E-state index >= 15 is 0 Å². The molecule has 7 heavy (non-hydrogen) atoms. The zero-order valence-corrected chi connectivity index (χ0v) is 4.66. The molecule has 0 aromatic heterocycles. The molecule has 0 aromatic rings. The SMILES string of the molecule is CNNC(C)CF. The maximum atomic E-state index is 11.5. The summed E-state index contributed by atoms with van der Waals surface area (Å²) in [6.45, 7) is 1.43. The Kier molecular flexibility index (Phi) is 3.93. The lowest BCUT2D eigenvalue weighted by Crippen LogP contribution is -2.37. The van der Waals surface area contributed by atoms with Crippen LogP contribution in [0.25, 0.3) is 0 Å². The van der Waals surface area contributed by atoms with Gasteiger partial charge in [0.1, 0.15) is 6.67 Å². The molecule has 0 saturated carbocycles. The topological polar surface area (TPSA) is 24.1 Å². The molecule has 0 aliphatic rings. The fourth-order valence-electron chi connectivity index (χ4n) is 0.285. The van der Waals surface area contributed by atoms with Gasteiger partial charge in [-0.25, -0.2) is 4.39 Å². The van der Waals surface area contributed by atoms with Gasteiger partial charge in [-0.15, -0.1) is 0 Å². The number of halogens is 1. The molecule has 3 heteroatoms. The number of hydrogen-bond donors (Lipinski definition) is 2. The van der Waals surface area contributed by atoms with Crippen LogP contribution in [-0.4, -0.2) is 19.8 Å². The lowest BCUT2D eigenvalue weighted by Gasteiger charge is -2.05. The third-order valence-electron chi connectivity index (χ3n) is 0.622. The lowest BCUT2D eigenvalue weighted by molar-refractivity contribution is 0.369. The van der Waals surface area contributed by atoms with Gasteiger partial charge in [0.25, 0.3) is 0 Å². The number of hydrogen-bond acceptors (Lipinski definition) is 2. The van der Waals surface area contributed by atoms with Gasteiger partial charge in [0.2, 0.25) is 0 Å². The molecule has 0 aliphatic carbocycles. The zero-order valence-electron chi connectivity index (χ0n) is 4.66. The first-order valence-corrected chi connectivity index (χ1v) is 2.29. The minimum absolute atomic E-state index is 0.0787. The van der Waals surface area contributed by atoms with Crippen LogP contribution in [0.2, 0.25) is 0 Å². The summed E-state index contributed by atoms with van der Waals surface area (Å²) in [4.78, 5) is 0.